The molecular formula is C14H12BrClSi. The lowest BCUT2D eigenvalue weighted by Gasteiger charge is -2.18. The van der Waals surface area contributed by atoms with Crippen LogP contribution in [0.15, 0.2) is 40.9 Å². The summed E-state index contributed by atoms with van der Waals surface area (Å²) in [7, 11) is -1.56. The van der Waals surface area contributed by atoms with E-state index in [0.29, 0.717) is 0 Å². The molecule has 0 bridgehead atoms. The van der Waals surface area contributed by atoms with Crippen molar-refractivity contribution in [2.24, 2.45) is 0 Å². The van der Waals surface area contributed by atoms with Crippen molar-refractivity contribution in [3.05, 3.63) is 45.9 Å². The van der Waals surface area contributed by atoms with Crippen molar-refractivity contribution in [1.29, 1.82) is 0 Å². The van der Waals surface area contributed by atoms with Gasteiger partial charge in [0.15, 0.2) is 0 Å². The van der Waals surface area contributed by atoms with E-state index in [-0.39, 0.29) is 0 Å². The lowest BCUT2D eigenvalue weighted by atomic mass is 10.1. The van der Waals surface area contributed by atoms with Crippen LogP contribution in [0.1, 0.15) is 0 Å². The second kappa shape index (κ2) is 3.71. The van der Waals surface area contributed by atoms with Crippen LogP contribution in [0.3, 0.4) is 0 Å². The maximum atomic E-state index is 6.40. The highest BCUT2D eigenvalue weighted by molar-refractivity contribution is 9.10. The number of hydrogen-bond donors (Lipinski definition) is 0. The summed E-state index contributed by atoms with van der Waals surface area (Å²) in [5.74, 6) is 0. The van der Waals surface area contributed by atoms with Gasteiger partial charge in [-0.2, -0.15) is 0 Å². The maximum absolute atomic E-state index is 6.40. The first-order chi connectivity index (χ1) is 8.03. The largest absolute Gasteiger partial charge is 0.113 e. The summed E-state index contributed by atoms with van der Waals surface area (Å²) in [4.78, 5) is 0. The Kier molecular flexibility index (Phi) is 2.51. The fraction of sp³-hybridized carbons (Fsp3) is 0.143. The summed E-state index contributed by atoms with van der Waals surface area (Å²) < 4.78 is 1.16. The van der Waals surface area contributed by atoms with Gasteiger partial charge in [0.1, 0.15) is 8.07 Å². The number of benzene rings is 2. The molecule has 0 aromatic heterocycles. The Morgan fingerprint density at radius 3 is 2.24 bits per heavy atom. The maximum Gasteiger partial charge on any atom is 0.113 e. The van der Waals surface area contributed by atoms with Crippen LogP contribution in [0, 0.1) is 0 Å². The van der Waals surface area contributed by atoms with E-state index in [4.69, 9.17) is 11.6 Å². The van der Waals surface area contributed by atoms with E-state index in [1.807, 2.05) is 6.07 Å². The van der Waals surface area contributed by atoms with Gasteiger partial charge >= 0.3 is 0 Å². The average molecular weight is 324 g/mol. The second-order valence-electron chi connectivity index (χ2n) is 4.95. The predicted octanol–water partition coefficient (Wildman–Crippen LogP) is 3.91. The number of fused-ring (bicyclic) bond motifs is 3. The second-order valence-corrected chi connectivity index (χ2v) is 10.5. The Morgan fingerprint density at radius 1 is 0.941 bits per heavy atom. The number of rotatable bonds is 0. The fourth-order valence-corrected chi connectivity index (χ4v) is 6.92. The monoisotopic (exact) mass is 322 g/mol. The lowest BCUT2D eigenvalue weighted by molar-refractivity contribution is 1.66. The van der Waals surface area contributed by atoms with E-state index >= 15 is 0 Å². The molecule has 0 N–H and O–H groups in total. The minimum atomic E-state index is -1.56. The highest BCUT2D eigenvalue weighted by atomic mass is 79.9. The summed E-state index contributed by atoms with van der Waals surface area (Å²) in [6, 6.07) is 12.8. The van der Waals surface area contributed by atoms with E-state index in [1.165, 1.54) is 21.5 Å². The Labute approximate surface area is 116 Å². The molecule has 0 aliphatic carbocycles. The Morgan fingerprint density at radius 2 is 1.53 bits per heavy atom. The molecule has 1 aliphatic heterocycles. The first kappa shape index (κ1) is 11.5. The highest BCUT2D eigenvalue weighted by Crippen LogP contribution is 2.37. The molecule has 0 saturated carbocycles. The van der Waals surface area contributed by atoms with Crippen LogP contribution in [0.5, 0.6) is 0 Å². The molecule has 0 atom stereocenters. The summed E-state index contributed by atoms with van der Waals surface area (Å²) >= 11 is 10.1. The zero-order valence-electron chi connectivity index (χ0n) is 9.72. The van der Waals surface area contributed by atoms with E-state index in [2.05, 4.69) is 59.4 Å². The molecule has 0 unspecified atom stereocenters. The summed E-state index contributed by atoms with van der Waals surface area (Å²) in [5, 5.41) is 3.80. The van der Waals surface area contributed by atoms with Crippen molar-refractivity contribution in [1.82, 2.24) is 0 Å². The van der Waals surface area contributed by atoms with Gasteiger partial charge in [0.05, 0.1) is 0 Å². The zero-order chi connectivity index (χ0) is 12.2. The van der Waals surface area contributed by atoms with Gasteiger partial charge in [-0.25, -0.2) is 0 Å². The van der Waals surface area contributed by atoms with Crippen molar-refractivity contribution >= 4 is 46.0 Å². The Balaban J connectivity index is 2.49. The molecule has 1 aliphatic rings. The van der Waals surface area contributed by atoms with Crippen molar-refractivity contribution in [3.63, 3.8) is 0 Å². The molecule has 2 aromatic rings. The normalized spacial score (nSPS) is 15.5. The van der Waals surface area contributed by atoms with Crippen molar-refractivity contribution < 1.29 is 0 Å². The van der Waals surface area contributed by atoms with E-state index < -0.39 is 8.07 Å². The first-order valence-corrected chi connectivity index (χ1v) is 9.79. The first-order valence-electron chi connectivity index (χ1n) is 5.62. The topological polar surface area (TPSA) is 0 Å². The van der Waals surface area contributed by atoms with Crippen molar-refractivity contribution in [2.45, 2.75) is 13.1 Å². The SMILES string of the molecule is C[Si]1(C)c2cccc(Cl)c2-c2c(Br)cccc21. The van der Waals surface area contributed by atoms with Crippen LogP contribution in [0.4, 0.5) is 0 Å². The molecule has 17 heavy (non-hydrogen) atoms. The van der Waals surface area contributed by atoms with E-state index in [1.54, 1.807) is 0 Å². The van der Waals surface area contributed by atoms with E-state index in [9.17, 15) is 0 Å². The van der Waals surface area contributed by atoms with Gasteiger partial charge < -0.3 is 0 Å². The van der Waals surface area contributed by atoms with Crippen molar-refractivity contribution in [2.75, 3.05) is 0 Å². The number of hydrogen-bond acceptors (Lipinski definition) is 0. The van der Waals surface area contributed by atoms with Gasteiger partial charge in [0, 0.05) is 15.1 Å². The molecule has 86 valence electrons. The standard InChI is InChI=1S/C14H12BrClSi/c1-17(2)11-7-3-5-9(15)13(11)14-10(16)6-4-8-12(14)17/h3-8H,1-2H3. The van der Waals surface area contributed by atoms with Gasteiger partial charge in [-0.15, -0.1) is 0 Å². The predicted molar refractivity (Wildman–Crippen MR) is 81.3 cm³/mol. The van der Waals surface area contributed by atoms with E-state index in [0.717, 1.165) is 9.50 Å². The Bertz CT molecular complexity index is 566. The van der Waals surface area contributed by atoms with Gasteiger partial charge in [0.25, 0.3) is 0 Å². The van der Waals surface area contributed by atoms with Crippen LogP contribution in [0.2, 0.25) is 18.1 Å². The lowest BCUT2D eigenvalue weighted by Crippen LogP contribution is -2.49. The molecule has 2 aromatic carbocycles. The van der Waals surface area contributed by atoms with Crippen LogP contribution in [-0.2, 0) is 0 Å². The zero-order valence-corrected chi connectivity index (χ0v) is 13.1. The third kappa shape index (κ3) is 1.47. The molecule has 3 heteroatoms. The van der Waals surface area contributed by atoms with Crippen molar-refractivity contribution in [3.8, 4) is 11.1 Å². The molecular weight excluding hydrogens is 312 g/mol. The molecule has 1 heterocycles. The minimum absolute atomic E-state index is 0.869. The Hall–Kier alpha value is -0.573. The fourth-order valence-electron chi connectivity index (χ4n) is 2.74. The molecule has 3 rings (SSSR count). The average Bonchev–Trinajstić information content (AvgIpc) is 2.52. The summed E-state index contributed by atoms with van der Waals surface area (Å²) in [6.07, 6.45) is 0. The molecule has 0 radical (unpaired) electrons. The number of halogens is 2. The van der Waals surface area contributed by atoms with Gasteiger partial charge in [0.2, 0.25) is 0 Å². The van der Waals surface area contributed by atoms with Gasteiger partial charge in [-0.1, -0.05) is 64.9 Å². The molecule has 0 saturated heterocycles. The quantitative estimate of drug-likeness (QED) is 0.645. The minimum Gasteiger partial charge on any atom is -0.0837 e. The van der Waals surface area contributed by atoms with Crippen LogP contribution in [-0.4, -0.2) is 8.07 Å². The van der Waals surface area contributed by atoms with Gasteiger partial charge in [-0.05, 0) is 28.1 Å². The molecule has 0 nitrogen and oxygen atoms in total. The third-order valence-corrected chi connectivity index (χ3v) is 8.13. The molecule has 0 spiro atoms. The van der Waals surface area contributed by atoms with Crippen LogP contribution < -0.4 is 10.4 Å². The molecule has 0 fully saturated rings. The highest BCUT2D eigenvalue weighted by Gasteiger charge is 2.39. The van der Waals surface area contributed by atoms with Crippen LogP contribution in [0.25, 0.3) is 11.1 Å². The summed E-state index contributed by atoms with van der Waals surface area (Å²) in [5.41, 5.74) is 2.55. The smallest absolute Gasteiger partial charge is 0.0837 e. The van der Waals surface area contributed by atoms with Crippen LogP contribution >= 0.6 is 27.5 Å². The van der Waals surface area contributed by atoms with Gasteiger partial charge in [-0.3, -0.25) is 0 Å². The molecule has 0 amide bonds. The summed E-state index contributed by atoms with van der Waals surface area (Å²) in [6.45, 7) is 4.78. The third-order valence-electron chi connectivity index (χ3n) is 3.62.